The second kappa shape index (κ2) is 4.80. The number of rotatable bonds is 0. The van der Waals surface area contributed by atoms with Crippen LogP contribution in [0.5, 0.6) is 0 Å². The van der Waals surface area contributed by atoms with Crippen molar-refractivity contribution in [1.82, 2.24) is 0 Å². The van der Waals surface area contributed by atoms with E-state index in [2.05, 4.69) is 0 Å². The van der Waals surface area contributed by atoms with Gasteiger partial charge in [-0.3, -0.25) is 12.9 Å². The van der Waals surface area contributed by atoms with Crippen molar-refractivity contribution in [2.75, 3.05) is 13.2 Å². The summed E-state index contributed by atoms with van der Waals surface area (Å²) >= 11 is 1.06. The first-order chi connectivity index (χ1) is 5.54. The second-order valence-corrected chi connectivity index (χ2v) is 6.74. The molecule has 0 aromatic rings. The van der Waals surface area contributed by atoms with E-state index < -0.39 is 7.54 Å². The Morgan fingerprint density at radius 3 is 2.33 bits per heavy atom. The number of ether oxygens (including phenoxy) is 1. The molecule has 1 saturated heterocycles. The molecule has 0 N–H and O–H groups in total. The molecule has 6 heteroatoms. The van der Waals surface area contributed by atoms with E-state index in [0.29, 0.717) is 0 Å². The van der Waals surface area contributed by atoms with Crippen LogP contribution < -0.4 is 0 Å². The molecule has 2 unspecified atom stereocenters. The predicted octanol–water partition coefficient (Wildman–Crippen LogP) is 1.63. The molecule has 0 aromatic carbocycles. The van der Waals surface area contributed by atoms with Gasteiger partial charge in [-0.05, 0) is 0 Å². The van der Waals surface area contributed by atoms with Crippen LogP contribution in [0.15, 0.2) is 0 Å². The summed E-state index contributed by atoms with van der Waals surface area (Å²) in [6.45, 7) is 2.14. The zero-order valence-corrected chi connectivity index (χ0v) is 10.1. The molecule has 0 spiro atoms. The summed E-state index contributed by atoms with van der Waals surface area (Å²) in [6.07, 6.45) is 2.89. The van der Waals surface area contributed by atoms with Crippen LogP contribution in [-0.4, -0.2) is 69.7 Å². The van der Waals surface area contributed by atoms with E-state index in [0.717, 1.165) is 67.6 Å². The Morgan fingerprint density at radius 2 is 2.00 bits per heavy atom. The minimum atomic E-state index is -3.67. The van der Waals surface area contributed by atoms with Gasteiger partial charge in [-0.25, -0.2) is 0 Å². The third kappa shape index (κ3) is 3.67. The monoisotopic (exact) mass is 204 g/mol. The summed E-state index contributed by atoms with van der Waals surface area (Å²) < 4.78 is 35.2. The molecule has 0 aromatic heterocycles. The van der Waals surface area contributed by atoms with Gasteiger partial charge in [-0.1, -0.05) is 0 Å². The molecule has 2 fully saturated rings. The molecule has 1 heterocycles. The Balaban J connectivity index is 0.000000157. The minimum absolute atomic E-state index is 0.908. The molecule has 1 aliphatic carbocycles. The van der Waals surface area contributed by atoms with Crippen molar-refractivity contribution in [3.63, 3.8) is 0 Å². The fourth-order valence-corrected chi connectivity index (χ4v) is 2.95. The van der Waals surface area contributed by atoms with Crippen LogP contribution >= 0.6 is 0 Å². The van der Waals surface area contributed by atoms with E-state index in [9.17, 15) is 12.9 Å². The molecule has 1 saturated carbocycles. The van der Waals surface area contributed by atoms with Crippen molar-refractivity contribution in [2.45, 2.75) is 12.4 Å². The van der Waals surface area contributed by atoms with Gasteiger partial charge in [-0.2, -0.15) is 0 Å². The third-order valence-corrected chi connectivity index (χ3v) is 5.37. The van der Waals surface area contributed by atoms with Gasteiger partial charge in [0.05, 0.1) is 0 Å². The summed E-state index contributed by atoms with van der Waals surface area (Å²) in [7, 11) is -3.67. The van der Waals surface area contributed by atoms with Gasteiger partial charge in [0.2, 0.25) is 0 Å². The van der Waals surface area contributed by atoms with E-state index in [1.165, 1.54) is 12.8 Å². The zero-order valence-electron chi connectivity index (χ0n) is 7.03. The number of hydrogen-bond donors (Lipinski definition) is 0. The van der Waals surface area contributed by atoms with Crippen molar-refractivity contribution in [2.24, 2.45) is 5.92 Å². The van der Waals surface area contributed by atoms with Crippen LogP contribution in [-0.2, 0) is 4.74 Å². The van der Waals surface area contributed by atoms with Crippen molar-refractivity contribution in [3.05, 3.63) is 0 Å². The molecular formula is C6H9BF3KO. The van der Waals surface area contributed by atoms with Crippen molar-refractivity contribution in [3.8, 4) is 0 Å². The Morgan fingerprint density at radius 1 is 1.42 bits per heavy atom. The molecule has 2 rings (SSSR count). The van der Waals surface area contributed by atoms with Crippen LogP contribution in [0.25, 0.3) is 0 Å². The predicted molar refractivity (Wildman–Crippen MR) is 41.1 cm³/mol. The SMILES string of the molecule is FB(F)F.[K][C]12CCOCC1C2. The van der Waals surface area contributed by atoms with Crippen molar-refractivity contribution in [1.29, 1.82) is 0 Å². The van der Waals surface area contributed by atoms with Crippen LogP contribution in [0.1, 0.15) is 12.8 Å². The van der Waals surface area contributed by atoms with Gasteiger partial charge in [0.15, 0.2) is 0 Å². The zero-order chi connectivity index (χ0) is 9.19. The maximum atomic E-state index is 9.67. The standard InChI is InChI=1S/C6H9O.BF3.K/c1-2-7-4-6-3-5(1)6;2-1(3)4;/h6H,1-4H2;;. The van der Waals surface area contributed by atoms with Crippen LogP contribution in [0.2, 0.25) is -0.490 Å². The second-order valence-electron chi connectivity index (χ2n) is 3.63. The molecular weight excluding hydrogens is 195 g/mol. The van der Waals surface area contributed by atoms with Gasteiger partial charge in [0, 0.05) is 0 Å². The molecule has 1 nitrogen and oxygen atoms in total. The Bertz CT molecular complexity index is 155. The molecule has 2 aliphatic rings. The summed E-state index contributed by atoms with van der Waals surface area (Å²) in [6, 6.07) is 0. The molecule has 0 bridgehead atoms. The first-order valence-electron chi connectivity index (χ1n) is 4.04. The molecule has 64 valence electrons. The average Bonchev–Trinajstić information content (AvgIpc) is 2.58. The summed E-state index contributed by atoms with van der Waals surface area (Å²) in [5, 5.41) is 0. The Kier molecular flexibility index (Phi) is 4.61. The first-order valence-corrected chi connectivity index (χ1v) is 5.61. The van der Waals surface area contributed by atoms with Crippen molar-refractivity contribution >= 4 is 56.5 Å². The fourth-order valence-electron chi connectivity index (χ4n) is 1.60. The average molecular weight is 204 g/mol. The summed E-state index contributed by atoms with van der Waals surface area (Å²) in [5.74, 6) is 1.01. The molecule has 12 heavy (non-hydrogen) atoms. The molecule has 0 amide bonds. The van der Waals surface area contributed by atoms with Crippen LogP contribution in [0.4, 0.5) is 12.9 Å². The molecule has 2 atom stereocenters. The van der Waals surface area contributed by atoms with E-state index in [1.54, 1.807) is 0 Å². The van der Waals surface area contributed by atoms with Gasteiger partial charge in [0.1, 0.15) is 0 Å². The van der Waals surface area contributed by atoms with E-state index in [-0.39, 0.29) is 0 Å². The summed E-state index contributed by atoms with van der Waals surface area (Å²) in [5.41, 5.74) is 0. The number of fused-ring (bicyclic) bond motifs is 1. The quantitative estimate of drug-likeness (QED) is 0.545. The Hall–Kier alpha value is 1.45. The Labute approximate surface area is 104 Å². The van der Waals surface area contributed by atoms with Crippen molar-refractivity contribution < 1.29 is 17.7 Å². The van der Waals surface area contributed by atoms with Crippen LogP contribution in [0, 0.1) is 5.92 Å². The topological polar surface area (TPSA) is 9.23 Å². The normalized spacial score (nSPS) is 37.6. The van der Waals surface area contributed by atoms with Crippen LogP contribution in [0.3, 0.4) is 0 Å². The number of hydrogen-bond acceptors (Lipinski definition) is 1. The van der Waals surface area contributed by atoms with Gasteiger partial charge in [-0.15, -0.1) is 0 Å². The summed E-state index contributed by atoms with van der Waals surface area (Å²) in [4.78, 5) is 0. The molecule has 1 aliphatic heterocycles. The van der Waals surface area contributed by atoms with Gasteiger partial charge < -0.3 is 0 Å². The van der Waals surface area contributed by atoms with E-state index >= 15 is 0 Å². The van der Waals surface area contributed by atoms with Gasteiger partial charge in [0.25, 0.3) is 0 Å². The van der Waals surface area contributed by atoms with E-state index in [4.69, 9.17) is 4.74 Å². The third-order valence-electron chi connectivity index (χ3n) is 2.67. The van der Waals surface area contributed by atoms with Gasteiger partial charge >= 0.3 is 92.7 Å². The maximum absolute atomic E-state index is 9.67. The first kappa shape index (κ1) is 11.5. The fraction of sp³-hybridized carbons (Fsp3) is 1.00. The van der Waals surface area contributed by atoms with E-state index in [1.807, 2.05) is 0 Å². The molecule has 0 radical (unpaired) electrons. The number of halogens is 3.